The Morgan fingerprint density at radius 2 is 0.818 bits per heavy atom. The summed E-state index contributed by atoms with van der Waals surface area (Å²) in [7, 11) is -15.6. The monoisotopic (exact) mass is 750 g/mol. The van der Waals surface area contributed by atoms with Crippen molar-refractivity contribution >= 4 is 72.7 Å². The second-order valence-electron chi connectivity index (χ2n) is 17.5. The van der Waals surface area contributed by atoms with Crippen LogP contribution in [0.4, 0.5) is 0 Å². The SMILES string of the molecule is C[Si](C)(C)O[Si](C)(C)O[Si](C)(O[Si](C)(C)C)C1CCCCC1.C[Si](C)(C)O[Si](C)(C)O[Si](C)(O[Si](C)(C)C)c1ccccc1. The average molecular weight is 752 g/mol. The molecule has 1 fully saturated rings. The smallest absolute Gasteiger partial charge is 0.350 e. The van der Waals surface area contributed by atoms with Crippen molar-refractivity contribution in [3.8, 4) is 0 Å². The molecule has 44 heavy (non-hydrogen) atoms. The standard InChI is InChI=1S/C15H38O3Si4.C15H32O3Si4/c2*1-19(2,3)16-21(7,8)18-22(9,17-20(4,5)6)15-13-11-10-12-14-15/h15H,10-14H2,1-9H3;10-14H,1-9H3. The Hall–Kier alpha value is 0.715. The van der Waals surface area contributed by atoms with E-state index in [1.54, 1.807) is 0 Å². The third-order valence-electron chi connectivity index (χ3n) is 6.65. The Morgan fingerprint density at radius 3 is 1.20 bits per heavy atom. The molecule has 0 aliphatic heterocycles. The van der Waals surface area contributed by atoms with Gasteiger partial charge in [0.15, 0.2) is 33.3 Å². The molecule has 1 saturated carbocycles. The number of rotatable bonds is 14. The molecule has 0 spiro atoms. The van der Waals surface area contributed by atoms with Gasteiger partial charge in [0.25, 0.3) is 0 Å². The molecule has 2 atom stereocenters. The van der Waals surface area contributed by atoms with E-state index < -0.39 is 67.5 Å². The van der Waals surface area contributed by atoms with Crippen LogP contribution in [0.1, 0.15) is 32.1 Å². The second kappa shape index (κ2) is 16.0. The van der Waals surface area contributed by atoms with Crippen LogP contribution < -0.4 is 5.19 Å². The lowest BCUT2D eigenvalue weighted by Crippen LogP contribution is -2.62. The molecule has 2 rings (SSSR count). The van der Waals surface area contributed by atoms with Gasteiger partial charge in [-0.3, -0.25) is 0 Å². The lowest BCUT2D eigenvalue weighted by molar-refractivity contribution is 0.294. The van der Waals surface area contributed by atoms with E-state index in [9.17, 15) is 0 Å². The van der Waals surface area contributed by atoms with Gasteiger partial charge < -0.3 is 24.7 Å². The summed E-state index contributed by atoms with van der Waals surface area (Å²) in [5.41, 5.74) is 0.644. The third-order valence-corrected chi connectivity index (χ3v) is 34.1. The molecule has 0 radical (unpaired) electrons. The van der Waals surface area contributed by atoms with Gasteiger partial charge in [0.2, 0.25) is 0 Å². The maximum absolute atomic E-state index is 6.82. The predicted molar refractivity (Wildman–Crippen MR) is 211 cm³/mol. The lowest BCUT2D eigenvalue weighted by Gasteiger charge is -2.45. The molecule has 0 heterocycles. The van der Waals surface area contributed by atoms with Crippen LogP contribution in [-0.2, 0) is 24.7 Å². The summed E-state index contributed by atoms with van der Waals surface area (Å²) >= 11 is 0. The summed E-state index contributed by atoms with van der Waals surface area (Å²) < 4.78 is 39.6. The molecule has 258 valence electrons. The van der Waals surface area contributed by atoms with Gasteiger partial charge in [-0.1, -0.05) is 49.6 Å². The molecule has 6 nitrogen and oxygen atoms in total. The van der Waals surface area contributed by atoms with E-state index in [1.165, 1.54) is 37.3 Å². The van der Waals surface area contributed by atoms with Gasteiger partial charge in [-0.2, -0.15) is 0 Å². The highest BCUT2D eigenvalue weighted by Gasteiger charge is 2.50. The number of hydrogen-bond donors (Lipinski definition) is 0. The fourth-order valence-electron chi connectivity index (χ4n) is 6.36. The molecule has 1 aromatic rings. The highest BCUT2D eigenvalue weighted by molar-refractivity contribution is 6.95. The van der Waals surface area contributed by atoms with Crippen LogP contribution in [0.2, 0.25) is 123 Å². The molecule has 14 heteroatoms. The molecule has 0 N–H and O–H groups in total. The van der Waals surface area contributed by atoms with E-state index in [0.29, 0.717) is 5.54 Å². The van der Waals surface area contributed by atoms with Crippen LogP contribution in [0.3, 0.4) is 0 Å². The van der Waals surface area contributed by atoms with E-state index in [1.807, 2.05) is 6.07 Å². The first-order valence-corrected chi connectivity index (χ1v) is 40.7. The van der Waals surface area contributed by atoms with Crippen molar-refractivity contribution in [2.24, 2.45) is 0 Å². The van der Waals surface area contributed by atoms with Crippen LogP contribution in [0, 0.1) is 0 Å². The number of hydrogen-bond acceptors (Lipinski definition) is 6. The molecule has 0 saturated heterocycles. The maximum Gasteiger partial charge on any atom is 0.350 e. The molecule has 0 aromatic heterocycles. The summed E-state index contributed by atoms with van der Waals surface area (Å²) in [6.07, 6.45) is 6.61. The van der Waals surface area contributed by atoms with Crippen LogP contribution in [-0.4, -0.2) is 67.5 Å². The van der Waals surface area contributed by atoms with E-state index in [2.05, 4.69) is 142 Å². The topological polar surface area (TPSA) is 55.4 Å². The summed E-state index contributed by atoms with van der Waals surface area (Å²) in [6.45, 7) is 40.2. The molecule has 2 unspecified atom stereocenters. The van der Waals surface area contributed by atoms with Gasteiger partial charge in [0.05, 0.1) is 0 Å². The van der Waals surface area contributed by atoms with Crippen molar-refractivity contribution in [3.63, 3.8) is 0 Å². The molecular formula is C30H70O6Si8. The minimum atomic E-state index is -2.48. The maximum atomic E-state index is 6.82. The van der Waals surface area contributed by atoms with Crippen molar-refractivity contribution in [3.05, 3.63) is 30.3 Å². The normalized spacial score (nSPS) is 19.0. The van der Waals surface area contributed by atoms with E-state index in [-0.39, 0.29) is 0 Å². The zero-order valence-corrected chi connectivity index (χ0v) is 39.9. The van der Waals surface area contributed by atoms with Crippen LogP contribution >= 0.6 is 0 Å². The molecule has 1 aliphatic carbocycles. The van der Waals surface area contributed by atoms with Gasteiger partial charge in [0, 0.05) is 5.54 Å². The highest BCUT2D eigenvalue weighted by atomic mass is 28.5. The van der Waals surface area contributed by atoms with Crippen molar-refractivity contribution in [1.29, 1.82) is 0 Å². The fraction of sp³-hybridized carbons (Fsp3) is 0.800. The van der Waals surface area contributed by atoms with Gasteiger partial charge in [-0.25, -0.2) is 0 Å². The quantitative estimate of drug-likeness (QED) is 0.177. The van der Waals surface area contributed by atoms with Crippen molar-refractivity contribution in [1.82, 2.24) is 0 Å². The Kier molecular flexibility index (Phi) is 15.5. The van der Waals surface area contributed by atoms with Gasteiger partial charge in [0.1, 0.15) is 0 Å². The van der Waals surface area contributed by atoms with Crippen molar-refractivity contribution in [2.75, 3.05) is 0 Å². The summed E-state index contributed by atoms with van der Waals surface area (Å²) in [6, 6.07) is 10.4. The summed E-state index contributed by atoms with van der Waals surface area (Å²) in [4.78, 5) is 0. The minimum absolute atomic E-state index is 0.644. The second-order valence-corrected chi connectivity index (χ2v) is 50.2. The van der Waals surface area contributed by atoms with E-state index >= 15 is 0 Å². The Bertz CT molecular complexity index is 996. The Labute approximate surface area is 281 Å². The van der Waals surface area contributed by atoms with Crippen LogP contribution in [0.15, 0.2) is 30.3 Å². The average Bonchev–Trinajstić information content (AvgIpc) is 2.74. The molecular weight excluding hydrogens is 681 g/mol. The van der Waals surface area contributed by atoms with E-state index in [4.69, 9.17) is 24.7 Å². The minimum Gasteiger partial charge on any atom is -0.437 e. The largest absolute Gasteiger partial charge is 0.437 e. The van der Waals surface area contributed by atoms with Gasteiger partial charge >= 0.3 is 34.2 Å². The van der Waals surface area contributed by atoms with Crippen molar-refractivity contribution in [2.45, 2.75) is 155 Å². The van der Waals surface area contributed by atoms with Crippen LogP contribution in [0.5, 0.6) is 0 Å². The van der Waals surface area contributed by atoms with Crippen molar-refractivity contribution < 1.29 is 24.7 Å². The van der Waals surface area contributed by atoms with Gasteiger partial charge in [-0.05, 0) is 136 Å². The lowest BCUT2D eigenvalue weighted by atomic mass is 10.0. The third kappa shape index (κ3) is 17.7. The first-order chi connectivity index (χ1) is 19.5. The highest BCUT2D eigenvalue weighted by Crippen LogP contribution is 2.41. The Balaban J connectivity index is 0.000000440. The van der Waals surface area contributed by atoms with E-state index in [0.717, 1.165) is 0 Å². The molecule has 0 amide bonds. The Morgan fingerprint density at radius 1 is 0.432 bits per heavy atom. The van der Waals surface area contributed by atoms with Crippen LogP contribution in [0.25, 0.3) is 0 Å². The number of benzene rings is 1. The fourth-order valence-corrected chi connectivity index (χ4v) is 42.1. The summed E-state index contributed by atoms with van der Waals surface area (Å²) in [5.74, 6) is 0. The zero-order valence-electron chi connectivity index (χ0n) is 31.9. The zero-order chi connectivity index (χ0) is 34.5. The predicted octanol–water partition coefficient (Wildman–Crippen LogP) is 10.2. The first-order valence-electron chi connectivity index (χ1n) is 16.7. The first kappa shape index (κ1) is 42.7. The summed E-state index contributed by atoms with van der Waals surface area (Å²) in [5, 5.41) is 1.19. The van der Waals surface area contributed by atoms with Gasteiger partial charge in [-0.15, -0.1) is 0 Å². The molecule has 1 aromatic carbocycles. The molecule has 1 aliphatic rings. The molecule has 0 bridgehead atoms.